The van der Waals surface area contributed by atoms with Gasteiger partial charge in [0, 0.05) is 18.5 Å². The van der Waals surface area contributed by atoms with E-state index >= 15 is 0 Å². The maximum Gasteiger partial charge on any atom is 0.329 e. The van der Waals surface area contributed by atoms with E-state index in [0.717, 1.165) is 0 Å². The van der Waals surface area contributed by atoms with E-state index in [1.807, 2.05) is 0 Å². The van der Waals surface area contributed by atoms with Gasteiger partial charge in [0.25, 0.3) is 0 Å². The molecule has 0 aliphatic heterocycles. The van der Waals surface area contributed by atoms with Crippen LogP contribution in [0.15, 0.2) is 17.2 Å². The minimum absolute atomic E-state index is 0.134. The molecule has 1 rings (SSSR count). The number of hydrogen-bond acceptors (Lipinski definition) is 7. The third-order valence-electron chi connectivity index (χ3n) is 2.73. The largest absolute Gasteiger partial charge is 0.493 e. The van der Waals surface area contributed by atoms with Crippen LogP contribution in [0.3, 0.4) is 0 Å². The Morgan fingerprint density at radius 1 is 1.08 bits per heavy atom. The molecule has 1 aromatic carbocycles. The van der Waals surface area contributed by atoms with Gasteiger partial charge in [0.05, 0.1) is 20.4 Å². The van der Waals surface area contributed by atoms with Gasteiger partial charge in [0.2, 0.25) is 5.75 Å². The van der Waals surface area contributed by atoms with Gasteiger partial charge < -0.3 is 19.5 Å². The summed E-state index contributed by atoms with van der Waals surface area (Å²) in [7, 11) is 2.81. The Bertz CT molecular complexity index is 659. The lowest BCUT2D eigenvalue weighted by atomic mass is 10.2. The maximum atomic E-state index is 11.5. The van der Waals surface area contributed by atoms with E-state index in [2.05, 4.69) is 15.8 Å². The molecule has 9 heteroatoms. The Kier molecular flexibility index (Phi) is 7.39. The van der Waals surface area contributed by atoms with Crippen LogP contribution >= 0.6 is 0 Å². The summed E-state index contributed by atoms with van der Waals surface area (Å²) in [5.74, 6) is -1.57. The quantitative estimate of drug-likeness (QED) is 0.255. The van der Waals surface area contributed by atoms with Gasteiger partial charge in [-0.3, -0.25) is 14.4 Å². The normalized spacial score (nSPS) is 10.5. The van der Waals surface area contributed by atoms with Gasteiger partial charge in [-0.2, -0.15) is 5.10 Å². The second-order valence-corrected chi connectivity index (χ2v) is 5.18. The average molecular weight is 351 g/mol. The first kappa shape index (κ1) is 19.9. The summed E-state index contributed by atoms with van der Waals surface area (Å²) in [4.78, 5) is 34.2. The molecule has 0 bridgehead atoms. The molecular weight excluding hydrogens is 330 g/mol. The van der Waals surface area contributed by atoms with E-state index < -0.39 is 17.8 Å². The summed E-state index contributed by atoms with van der Waals surface area (Å²) in [6, 6.07) is 2.90. The second kappa shape index (κ2) is 9.26. The Labute approximate surface area is 145 Å². The van der Waals surface area contributed by atoms with E-state index in [1.54, 1.807) is 13.8 Å². The van der Waals surface area contributed by atoms with Crippen LogP contribution in [-0.2, 0) is 14.4 Å². The van der Waals surface area contributed by atoms with Gasteiger partial charge in [0.15, 0.2) is 11.5 Å². The summed E-state index contributed by atoms with van der Waals surface area (Å²) >= 11 is 0. The first-order chi connectivity index (χ1) is 11.8. The SMILES string of the molecule is COc1cc(/C=N\NC(=O)C(=O)NC(C)C)cc(OC)c1OC(C)=O. The van der Waals surface area contributed by atoms with Crippen molar-refractivity contribution in [1.29, 1.82) is 0 Å². The van der Waals surface area contributed by atoms with E-state index in [-0.39, 0.29) is 23.3 Å². The van der Waals surface area contributed by atoms with Gasteiger partial charge >= 0.3 is 17.8 Å². The first-order valence-electron chi connectivity index (χ1n) is 7.36. The molecule has 0 aliphatic carbocycles. The fraction of sp³-hybridized carbons (Fsp3) is 0.375. The summed E-state index contributed by atoms with van der Waals surface area (Å²) < 4.78 is 15.4. The number of rotatable bonds is 6. The number of carbonyl (C=O) groups is 3. The van der Waals surface area contributed by atoms with Crippen molar-refractivity contribution >= 4 is 24.0 Å². The van der Waals surface area contributed by atoms with Crippen molar-refractivity contribution in [3.05, 3.63) is 17.7 Å². The maximum absolute atomic E-state index is 11.5. The van der Waals surface area contributed by atoms with Crippen molar-refractivity contribution in [3.63, 3.8) is 0 Å². The van der Waals surface area contributed by atoms with Crippen LogP contribution in [-0.4, -0.2) is 44.3 Å². The van der Waals surface area contributed by atoms with Crippen molar-refractivity contribution in [1.82, 2.24) is 10.7 Å². The molecule has 0 fully saturated rings. The lowest BCUT2D eigenvalue weighted by molar-refractivity contribution is -0.139. The number of carbonyl (C=O) groups excluding carboxylic acids is 3. The third kappa shape index (κ3) is 6.13. The molecule has 25 heavy (non-hydrogen) atoms. The van der Waals surface area contributed by atoms with Gasteiger partial charge in [-0.15, -0.1) is 0 Å². The number of ether oxygens (including phenoxy) is 3. The summed E-state index contributed by atoms with van der Waals surface area (Å²) in [6.45, 7) is 4.72. The molecule has 0 aliphatic rings. The van der Waals surface area contributed by atoms with Crippen molar-refractivity contribution < 1.29 is 28.6 Å². The van der Waals surface area contributed by atoms with Gasteiger partial charge in [-0.25, -0.2) is 5.43 Å². The highest BCUT2D eigenvalue weighted by atomic mass is 16.6. The van der Waals surface area contributed by atoms with E-state index in [9.17, 15) is 14.4 Å². The molecule has 0 radical (unpaired) electrons. The molecule has 0 saturated carbocycles. The lowest BCUT2D eigenvalue weighted by Crippen LogP contribution is -2.41. The molecule has 0 spiro atoms. The zero-order valence-electron chi connectivity index (χ0n) is 14.7. The minimum atomic E-state index is -0.889. The van der Waals surface area contributed by atoms with Crippen LogP contribution in [0.1, 0.15) is 26.3 Å². The number of amides is 2. The third-order valence-corrected chi connectivity index (χ3v) is 2.73. The summed E-state index contributed by atoms with van der Waals surface area (Å²) in [6.07, 6.45) is 1.29. The molecule has 9 nitrogen and oxygen atoms in total. The molecule has 2 amide bonds. The second-order valence-electron chi connectivity index (χ2n) is 5.18. The van der Waals surface area contributed by atoms with Crippen LogP contribution in [0.5, 0.6) is 17.2 Å². The topological polar surface area (TPSA) is 115 Å². The smallest absolute Gasteiger partial charge is 0.329 e. The van der Waals surface area contributed by atoms with Crippen molar-refractivity contribution in [3.8, 4) is 17.2 Å². The first-order valence-corrected chi connectivity index (χ1v) is 7.36. The Morgan fingerprint density at radius 2 is 1.64 bits per heavy atom. The Hall–Kier alpha value is -3.10. The molecule has 0 unspecified atom stereocenters. The fourth-order valence-corrected chi connectivity index (χ4v) is 1.76. The monoisotopic (exact) mass is 351 g/mol. The van der Waals surface area contributed by atoms with E-state index in [4.69, 9.17) is 14.2 Å². The van der Waals surface area contributed by atoms with Crippen LogP contribution in [0.25, 0.3) is 0 Å². The fourth-order valence-electron chi connectivity index (χ4n) is 1.76. The highest BCUT2D eigenvalue weighted by Crippen LogP contribution is 2.38. The number of nitrogens with one attached hydrogen (secondary N) is 2. The van der Waals surface area contributed by atoms with Crippen molar-refractivity contribution in [2.75, 3.05) is 14.2 Å². The van der Waals surface area contributed by atoms with Crippen LogP contribution in [0, 0.1) is 0 Å². The molecule has 0 aromatic heterocycles. The highest BCUT2D eigenvalue weighted by Gasteiger charge is 2.16. The van der Waals surface area contributed by atoms with Crippen LogP contribution in [0.4, 0.5) is 0 Å². The molecular formula is C16H21N3O6. The van der Waals surface area contributed by atoms with Gasteiger partial charge in [-0.05, 0) is 26.0 Å². The lowest BCUT2D eigenvalue weighted by Gasteiger charge is -2.13. The minimum Gasteiger partial charge on any atom is -0.493 e. The number of nitrogens with zero attached hydrogens (tertiary/aromatic N) is 1. The Morgan fingerprint density at radius 3 is 2.08 bits per heavy atom. The average Bonchev–Trinajstić information content (AvgIpc) is 2.54. The van der Waals surface area contributed by atoms with Crippen LogP contribution in [0.2, 0.25) is 0 Å². The molecule has 136 valence electrons. The van der Waals surface area contributed by atoms with Crippen molar-refractivity contribution in [2.45, 2.75) is 26.8 Å². The standard InChI is InChI=1S/C16H21N3O6/c1-9(2)18-15(21)16(22)19-17-8-11-6-12(23-4)14(25-10(3)20)13(7-11)24-5/h6-9H,1-5H3,(H,18,21)(H,19,22)/b17-8-. The molecule has 1 aromatic rings. The van der Waals surface area contributed by atoms with Gasteiger partial charge in [0.1, 0.15) is 0 Å². The number of methoxy groups -OCH3 is 2. The van der Waals surface area contributed by atoms with Crippen LogP contribution < -0.4 is 25.0 Å². The summed E-state index contributed by atoms with van der Waals surface area (Å²) in [5.41, 5.74) is 2.60. The van der Waals surface area contributed by atoms with Gasteiger partial charge in [-0.1, -0.05) is 0 Å². The summed E-state index contributed by atoms with van der Waals surface area (Å²) in [5, 5.41) is 6.15. The number of benzene rings is 1. The predicted molar refractivity (Wildman–Crippen MR) is 89.9 cm³/mol. The molecule has 0 saturated heterocycles. The molecule has 0 heterocycles. The number of esters is 1. The highest BCUT2D eigenvalue weighted by molar-refractivity contribution is 6.35. The zero-order valence-corrected chi connectivity index (χ0v) is 14.7. The number of hydrogen-bond donors (Lipinski definition) is 2. The molecule has 2 N–H and O–H groups in total. The predicted octanol–water partition coefficient (Wildman–Crippen LogP) is 0.604. The zero-order chi connectivity index (χ0) is 19.0. The van der Waals surface area contributed by atoms with E-state index in [0.29, 0.717) is 5.56 Å². The van der Waals surface area contributed by atoms with E-state index in [1.165, 1.54) is 39.5 Å². The molecule has 0 atom stereocenters. The van der Waals surface area contributed by atoms with Crippen molar-refractivity contribution in [2.24, 2.45) is 5.10 Å². The number of hydrazone groups is 1. The Balaban J connectivity index is 2.93.